The monoisotopic (exact) mass is 256 g/mol. The summed E-state index contributed by atoms with van der Waals surface area (Å²) in [7, 11) is 0. The van der Waals surface area contributed by atoms with Gasteiger partial charge in [0.15, 0.2) is 0 Å². The molecule has 2 rings (SSSR count). The van der Waals surface area contributed by atoms with E-state index in [1.165, 1.54) is 12.1 Å². The summed E-state index contributed by atoms with van der Waals surface area (Å²) in [4.78, 5) is 2.05. The van der Waals surface area contributed by atoms with Crippen molar-refractivity contribution < 1.29 is 9.13 Å². The molecule has 1 aromatic rings. The Hall–Kier alpha value is -1.15. The third-order valence-corrected chi connectivity index (χ3v) is 2.72. The number of ether oxygens (including phenoxy) is 1. The van der Waals surface area contributed by atoms with Gasteiger partial charge in [0.1, 0.15) is 11.9 Å². The molecule has 0 aliphatic carbocycles. The third-order valence-electron chi connectivity index (χ3n) is 2.72. The van der Waals surface area contributed by atoms with Crippen LogP contribution in [0.4, 0.5) is 4.39 Å². The zero-order valence-electron chi connectivity index (χ0n) is 9.30. The fourth-order valence-electron chi connectivity index (χ4n) is 1.85. The van der Waals surface area contributed by atoms with Crippen molar-refractivity contribution in [2.24, 2.45) is 0 Å². The molecule has 0 spiro atoms. The Morgan fingerprint density at radius 1 is 1.24 bits per heavy atom. The van der Waals surface area contributed by atoms with Crippen molar-refractivity contribution in [1.29, 1.82) is 5.26 Å². The Labute approximate surface area is 106 Å². The number of hydrogen-bond acceptors (Lipinski definition) is 3. The van der Waals surface area contributed by atoms with E-state index in [2.05, 4.69) is 11.0 Å². The molecule has 1 unspecified atom stereocenters. The maximum atomic E-state index is 12.8. The first kappa shape index (κ1) is 13.9. The van der Waals surface area contributed by atoms with E-state index in [4.69, 9.17) is 4.74 Å². The van der Waals surface area contributed by atoms with E-state index in [0.29, 0.717) is 13.2 Å². The summed E-state index contributed by atoms with van der Waals surface area (Å²) in [5.74, 6) is -0.276. The van der Waals surface area contributed by atoms with E-state index in [9.17, 15) is 9.65 Å². The Morgan fingerprint density at radius 2 is 1.82 bits per heavy atom. The molecular formula is C12H14ClFN2O. The highest BCUT2D eigenvalue weighted by atomic mass is 35.5. The molecule has 5 heteroatoms. The number of halogens is 2. The number of morpholine rings is 1. The summed E-state index contributed by atoms with van der Waals surface area (Å²) in [6, 6.07) is 8.06. The molecule has 1 heterocycles. The summed E-state index contributed by atoms with van der Waals surface area (Å²) >= 11 is 0. The van der Waals surface area contributed by atoms with Gasteiger partial charge >= 0.3 is 0 Å². The van der Waals surface area contributed by atoms with Crippen LogP contribution in [0.1, 0.15) is 11.6 Å². The van der Waals surface area contributed by atoms with Gasteiger partial charge in [0.2, 0.25) is 0 Å². The normalized spacial score (nSPS) is 17.9. The maximum absolute atomic E-state index is 12.8. The lowest BCUT2D eigenvalue weighted by Crippen LogP contribution is -2.38. The number of rotatable bonds is 2. The highest BCUT2D eigenvalue weighted by Crippen LogP contribution is 2.21. The summed E-state index contributed by atoms with van der Waals surface area (Å²) in [5.41, 5.74) is 0.839. The largest absolute Gasteiger partial charge is 0.379 e. The number of nitriles is 1. The zero-order valence-corrected chi connectivity index (χ0v) is 10.1. The molecule has 1 aliphatic heterocycles. The molecule has 0 N–H and O–H groups in total. The van der Waals surface area contributed by atoms with Crippen LogP contribution in [-0.2, 0) is 4.74 Å². The second-order valence-corrected chi connectivity index (χ2v) is 3.73. The van der Waals surface area contributed by atoms with Crippen LogP contribution in [0.3, 0.4) is 0 Å². The molecular weight excluding hydrogens is 243 g/mol. The average Bonchev–Trinajstić information content (AvgIpc) is 2.34. The van der Waals surface area contributed by atoms with Crippen LogP contribution in [0.2, 0.25) is 0 Å². The molecule has 3 nitrogen and oxygen atoms in total. The fourth-order valence-corrected chi connectivity index (χ4v) is 1.85. The second-order valence-electron chi connectivity index (χ2n) is 3.73. The lowest BCUT2D eigenvalue weighted by atomic mass is 10.1. The molecule has 1 aromatic carbocycles. The quantitative estimate of drug-likeness (QED) is 0.814. The van der Waals surface area contributed by atoms with Gasteiger partial charge in [0.25, 0.3) is 0 Å². The smallest absolute Gasteiger partial charge is 0.124 e. The standard InChI is InChI=1S/C12H13FN2O.ClH/c13-11-3-1-10(2-4-11)12(9-14)15-5-7-16-8-6-15;/h1-4,12H,5-8H2;1H. The van der Waals surface area contributed by atoms with Gasteiger partial charge in [-0.3, -0.25) is 4.90 Å². The Kier molecular flexibility index (Phi) is 5.36. The number of benzene rings is 1. The van der Waals surface area contributed by atoms with Gasteiger partial charge in [-0.2, -0.15) is 5.26 Å². The van der Waals surface area contributed by atoms with Crippen molar-refractivity contribution in [3.8, 4) is 6.07 Å². The minimum Gasteiger partial charge on any atom is -0.379 e. The molecule has 1 fully saturated rings. The van der Waals surface area contributed by atoms with Crippen molar-refractivity contribution >= 4 is 12.4 Å². The van der Waals surface area contributed by atoms with Crippen LogP contribution < -0.4 is 0 Å². The van der Waals surface area contributed by atoms with Gasteiger partial charge < -0.3 is 4.74 Å². The summed E-state index contributed by atoms with van der Waals surface area (Å²) < 4.78 is 18.0. The molecule has 0 bridgehead atoms. The van der Waals surface area contributed by atoms with Crippen LogP contribution in [0.5, 0.6) is 0 Å². The molecule has 1 atom stereocenters. The molecule has 92 valence electrons. The molecule has 1 saturated heterocycles. The lowest BCUT2D eigenvalue weighted by Gasteiger charge is -2.30. The molecule has 0 aromatic heterocycles. The van der Waals surface area contributed by atoms with Crippen molar-refractivity contribution in [3.05, 3.63) is 35.6 Å². The minimum atomic E-state index is -0.301. The average molecular weight is 257 g/mol. The van der Waals surface area contributed by atoms with E-state index >= 15 is 0 Å². The van der Waals surface area contributed by atoms with Gasteiger partial charge in [-0.25, -0.2) is 4.39 Å². The Morgan fingerprint density at radius 3 is 2.35 bits per heavy atom. The van der Waals surface area contributed by atoms with E-state index in [1.807, 2.05) is 0 Å². The number of nitrogens with zero attached hydrogens (tertiary/aromatic N) is 2. The van der Waals surface area contributed by atoms with Crippen LogP contribution in [0.25, 0.3) is 0 Å². The van der Waals surface area contributed by atoms with Gasteiger partial charge in [-0.15, -0.1) is 12.4 Å². The van der Waals surface area contributed by atoms with E-state index in [-0.39, 0.29) is 24.3 Å². The van der Waals surface area contributed by atoms with Crippen molar-refractivity contribution in [2.75, 3.05) is 26.3 Å². The Balaban J connectivity index is 0.00000144. The third kappa shape index (κ3) is 3.40. The summed E-state index contributed by atoms with van der Waals surface area (Å²) in [5, 5.41) is 9.17. The second kappa shape index (κ2) is 6.55. The zero-order chi connectivity index (χ0) is 11.4. The fraction of sp³-hybridized carbons (Fsp3) is 0.417. The van der Waals surface area contributed by atoms with Crippen molar-refractivity contribution in [1.82, 2.24) is 4.90 Å². The first-order valence-electron chi connectivity index (χ1n) is 5.28. The highest BCUT2D eigenvalue weighted by molar-refractivity contribution is 5.85. The predicted octanol–water partition coefficient (Wildman–Crippen LogP) is 2.14. The highest BCUT2D eigenvalue weighted by Gasteiger charge is 2.21. The predicted molar refractivity (Wildman–Crippen MR) is 64.4 cm³/mol. The summed E-state index contributed by atoms with van der Waals surface area (Å²) in [6.45, 7) is 2.80. The minimum absolute atomic E-state index is 0. The molecule has 0 saturated carbocycles. The maximum Gasteiger partial charge on any atom is 0.124 e. The first-order valence-corrected chi connectivity index (χ1v) is 5.28. The van der Waals surface area contributed by atoms with Crippen molar-refractivity contribution in [3.63, 3.8) is 0 Å². The Bertz CT molecular complexity index is 384. The van der Waals surface area contributed by atoms with Gasteiger partial charge in [0.05, 0.1) is 19.3 Å². The van der Waals surface area contributed by atoms with Crippen LogP contribution in [-0.4, -0.2) is 31.2 Å². The van der Waals surface area contributed by atoms with E-state index in [1.54, 1.807) is 12.1 Å². The van der Waals surface area contributed by atoms with Gasteiger partial charge in [-0.05, 0) is 17.7 Å². The van der Waals surface area contributed by atoms with E-state index < -0.39 is 0 Å². The van der Waals surface area contributed by atoms with Crippen LogP contribution in [0, 0.1) is 17.1 Å². The lowest BCUT2D eigenvalue weighted by molar-refractivity contribution is 0.0266. The van der Waals surface area contributed by atoms with Crippen LogP contribution >= 0.6 is 12.4 Å². The van der Waals surface area contributed by atoms with Gasteiger partial charge in [0, 0.05) is 13.1 Å². The topological polar surface area (TPSA) is 36.3 Å². The molecule has 1 aliphatic rings. The van der Waals surface area contributed by atoms with E-state index in [0.717, 1.165) is 18.7 Å². The molecule has 0 radical (unpaired) electrons. The van der Waals surface area contributed by atoms with Crippen molar-refractivity contribution in [2.45, 2.75) is 6.04 Å². The summed E-state index contributed by atoms with van der Waals surface area (Å²) in [6.07, 6.45) is 0. The van der Waals surface area contributed by atoms with Gasteiger partial charge in [-0.1, -0.05) is 12.1 Å². The molecule has 17 heavy (non-hydrogen) atoms. The molecule has 0 amide bonds. The first-order chi connectivity index (χ1) is 7.81. The van der Waals surface area contributed by atoms with Crippen LogP contribution in [0.15, 0.2) is 24.3 Å². The number of hydrogen-bond donors (Lipinski definition) is 0. The SMILES string of the molecule is Cl.N#CC(c1ccc(F)cc1)N1CCOCC1.